The highest BCUT2D eigenvalue weighted by Crippen LogP contribution is 2.29. The highest BCUT2D eigenvalue weighted by atomic mass is 32.1. The third-order valence-corrected chi connectivity index (χ3v) is 6.72. The maximum atomic E-state index is 11.8. The van der Waals surface area contributed by atoms with Gasteiger partial charge in [0.1, 0.15) is 11.5 Å². The molecule has 3 rings (SSSR count). The molecule has 0 aliphatic carbocycles. The number of hydrogen-bond acceptors (Lipinski definition) is 7. The second-order valence-corrected chi connectivity index (χ2v) is 10.3. The Morgan fingerprint density at radius 1 is 1.08 bits per heavy atom. The Labute approximate surface area is 222 Å². The summed E-state index contributed by atoms with van der Waals surface area (Å²) < 4.78 is 11.7. The molecule has 0 radical (unpaired) electrons. The van der Waals surface area contributed by atoms with Crippen molar-refractivity contribution in [1.29, 1.82) is 0 Å². The summed E-state index contributed by atoms with van der Waals surface area (Å²) in [6.07, 6.45) is 3.49. The van der Waals surface area contributed by atoms with Crippen LogP contribution in [0.1, 0.15) is 48.6 Å². The van der Waals surface area contributed by atoms with Crippen molar-refractivity contribution in [2.45, 2.75) is 46.5 Å². The van der Waals surface area contributed by atoms with Gasteiger partial charge in [0.15, 0.2) is 5.84 Å². The molecule has 3 aromatic rings. The molecule has 0 aliphatic heterocycles. The number of para-hydroxylation sites is 1. The van der Waals surface area contributed by atoms with Crippen molar-refractivity contribution in [3.63, 3.8) is 0 Å². The van der Waals surface area contributed by atoms with Crippen LogP contribution in [-0.2, 0) is 11.2 Å². The van der Waals surface area contributed by atoms with Gasteiger partial charge in [-0.25, -0.2) is 4.98 Å². The number of hydrogen-bond donors (Lipinski definition) is 3. The fraction of sp³-hybridized carbons (Fsp3) is 0.393. The molecule has 198 valence electrons. The number of nitrogens with zero attached hydrogens (tertiary/aromatic N) is 2. The van der Waals surface area contributed by atoms with Crippen molar-refractivity contribution < 1.29 is 19.5 Å². The van der Waals surface area contributed by atoms with Crippen molar-refractivity contribution in [1.82, 2.24) is 10.3 Å². The summed E-state index contributed by atoms with van der Waals surface area (Å²) in [6.45, 7) is 7.56. The van der Waals surface area contributed by atoms with Gasteiger partial charge in [-0.2, -0.15) is 0 Å². The van der Waals surface area contributed by atoms with Crippen LogP contribution in [-0.4, -0.2) is 41.7 Å². The number of carbonyl (C=O) groups excluding carboxylic acids is 1. The van der Waals surface area contributed by atoms with E-state index in [0.29, 0.717) is 31.1 Å². The lowest BCUT2D eigenvalue weighted by Gasteiger charge is -2.11. The third kappa shape index (κ3) is 8.49. The van der Waals surface area contributed by atoms with Crippen LogP contribution in [0.2, 0.25) is 0 Å². The first-order valence-electron chi connectivity index (χ1n) is 12.6. The number of ether oxygens (including phenoxy) is 2. The molecular weight excluding hydrogens is 488 g/mol. The number of benzene rings is 2. The average Bonchev–Trinajstić information content (AvgIpc) is 3.28. The van der Waals surface area contributed by atoms with Crippen LogP contribution in [0.4, 0.5) is 0 Å². The Morgan fingerprint density at radius 3 is 2.49 bits per heavy atom. The van der Waals surface area contributed by atoms with Gasteiger partial charge in [-0.3, -0.25) is 4.79 Å². The molecule has 0 atom stereocenters. The summed E-state index contributed by atoms with van der Waals surface area (Å²) in [4.78, 5) is 17.7. The van der Waals surface area contributed by atoms with E-state index in [2.05, 4.69) is 10.5 Å². The van der Waals surface area contributed by atoms with Crippen molar-refractivity contribution in [2.24, 2.45) is 16.8 Å². The fourth-order valence-electron chi connectivity index (χ4n) is 3.69. The number of amides is 1. The number of aromatic nitrogens is 1. The van der Waals surface area contributed by atoms with E-state index in [1.165, 1.54) is 4.88 Å². The van der Waals surface area contributed by atoms with Crippen LogP contribution in [0.25, 0.3) is 11.3 Å². The molecule has 0 fully saturated rings. The van der Waals surface area contributed by atoms with E-state index in [0.717, 1.165) is 47.7 Å². The van der Waals surface area contributed by atoms with Crippen molar-refractivity contribution in [2.75, 3.05) is 19.8 Å². The maximum Gasteiger partial charge on any atom is 0.222 e. The maximum absolute atomic E-state index is 11.8. The zero-order chi connectivity index (χ0) is 26.6. The second-order valence-electron chi connectivity index (χ2n) is 8.96. The molecule has 0 spiro atoms. The summed E-state index contributed by atoms with van der Waals surface area (Å²) in [5.74, 6) is 1.52. The largest absolute Gasteiger partial charge is 0.494 e. The van der Waals surface area contributed by atoms with E-state index in [1.54, 1.807) is 23.5 Å². The lowest BCUT2D eigenvalue weighted by atomic mass is 10.1. The number of aryl methyl sites for hydroxylation is 1. The number of nitrogens with two attached hydrogens (primary N) is 1. The number of unbranched alkanes of at least 4 members (excludes halogenated alkanes) is 2. The molecule has 1 heterocycles. The zero-order valence-corrected chi connectivity index (χ0v) is 22.5. The van der Waals surface area contributed by atoms with Gasteiger partial charge >= 0.3 is 0 Å². The van der Waals surface area contributed by atoms with Gasteiger partial charge in [0, 0.05) is 29.3 Å². The van der Waals surface area contributed by atoms with Crippen LogP contribution in [0.15, 0.2) is 53.7 Å². The highest BCUT2D eigenvalue weighted by Gasteiger charge is 2.13. The van der Waals surface area contributed by atoms with E-state index < -0.39 is 0 Å². The minimum Gasteiger partial charge on any atom is -0.494 e. The highest BCUT2D eigenvalue weighted by molar-refractivity contribution is 7.12. The Hall–Kier alpha value is -3.59. The lowest BCUT2D eigenvalue weighted by Crippen LogP contribution is -2.29. The summed E-state index contributed by atoms with van der Waals surface area (Å²) in [7, 11) is 0. The summed E-state index contributed by atoms with van der Waals surface area (Å²) >= 11 is 1.67. The van der Waals surface area contributed by atoms with E-state index in [4.69, 9.17) is 25.4 Å². The minimum atomic E-state index is -0.0151. The molecule has 9 heteroatoms. The molecule has 4 N–H and O–H groups in total. The predicted molar refractivity (Wildman–Crippen MR) is 148 cm³/mol. The molecule has 0 aliphatic rings. The van der Waals surface area contributed by atoms with E-state index in [1.807, 2.05) is 57.2 Å². The van der Waals surface area contributed by atoms with Crippen molar-refractivity contribution in [3.05, 3.63) is 64.0 Å². The molecule has 1 aromatic heterocycles. The molecular formula is C28H36N4O4S. The first-order chi connectivity index (χ1) is 17.9. The number of amidine groups is 1. The van der Waals surface area contributed by atoms with Crippen LogP contribution in [0, 0.1) is 12.8 Å². The Balaban J connectivity index is 1.40. The molecule has 0 saturated carbocycles. The number of thiazole rings is 1. The second kappa shape index (κ2) is 14.2. The first-order valence-corrected chi connectivity index (χ1v) is 13.4. The molecule has 1 amide bonds. The van der Waals surface area contributed by atoms with Gasteiger partial charge in [0.2, 0.25) is 5.91 Å². The predicted octanol–water partition coefficient (Wildman–Crippen LogP) is 5.16. The van der Waals surface area contributed by atoms with E-state index >= 15 is 0 Å². The van der Waals surface area contributed by atoms with Crippen LogP contribution in [0.5, 0.6) is 11.5 Å². The number of nitrogens with one attached hydrogen (secondary N) is 1. The SMILES string of the molecule is Cc1nc(-c2ccc(OCCCCCOc3ccccc3/C(N)=N/O)cc2)c(CCNC(=O)C(C)C)s1. The summed E-state index contributed by atoms with van der Waals surface area (Å²) in [5, 5.41) is 15.9. The molecule has 8 nitrogen and oxygen atoms in total. The normalized spacial score (nSPS) is 11.5. The lowest BCUT2D eigenvalue weighted by molar-refractivity contribution is -0.123. The first kappa shape index (κ1) is 28.0. The van der Waals surface area contributed by atoms with Crippen LogP contribution >= 0.6 is 11.3 Å². The molecule has 0 unspecified atom stereocenters. The van der Waals surface area contributed by atoms with E-state index in [9.17, 15) is 4.79 Å². The average molecular weight is 525 g/mol. The van der Waals surface area contributed by atoms with Gasteiger partial charge in [-0.1, -0.05) is 31.1 Å². The Bertz CT molecular complexity index is 1180. The van der Waals surface area contributed by atoms with Gasteiger partial charge in [-0.05, 0) is 62.6 Å². The summed E-state index contributed by atoms with van der Waals surface area (Å²) in [6, 6.07) is 15.2. The number of oxime groups is 1. The van der Waals surface area contributed by atoms with Gasteiger partial charge < -0.3 is 25.7 Å². The van der Waals surface area contributed by atoms with Gasteiger partial charge in [0.25, 0.3) is 0 Å². The van der Waals surface area contributed by atoms with E-state index in [-0.39, 0.29) is 17.7 Å². The number of rotatable bonds is 14. The number of carbonyl (C=O) groups is 1. The topological polar surface area (TPSA) is 119 Å². The zero-order valence-electron chi connectivity index (χ0n) is 21.7. The molecule has 37 heavy (non-hydrogen) atoms. The third-order valence-electron chi connectivity index (χ3n) is 5.69. The quantitative estimate of drug-likeness (QED) is 0.0882. The monoisotopic (exact) mass is 524 g/mol. The van der Waals surface area contributed by atoms with Crippen molar-refractivity contribution >= 4 is 23.1 Å². The Morgan fingerprint density at radius 2 is 1.78 bits per heavy atom. The minimum absolute atomic E-state index is 0.0151. The molecule has 0 bridgehead atoms. The van der Waals surface area contributed by atoms with Crippen LogP contribution < -0.4 is 20.5 Å². The Kier molecular flexibility index (Phi) is 10.8. The van der Waals surface area contributed by atoms with Gasteiger partial charge in [0.05, 0.1) is 29.5 Å². The summed E-state index contributed by atoms with van der Waals surface area (Å²) in [5.41, 5.74) is 8.30. The fourth-order valence-corrected chi connectivity index (χ4v) is 4.65. The van der Waals surface area contributed by atoms with Crippen molar-refractivity contribution in [3.8, 4) is 22.8 Å². The van der Waals surface area contributed by atoms with Gasteiger partial charge in [-0.15, -0.1) is 11.3 Å². The van der Waals surface area contributed by atoms with Crippen LogP contribution in [0.3, 0.4) is 0 Å². The molecule has 2 aromatic carbocycles. The standard InChI is InChI=1S/C28H36N4O4S/c1-19(2)28(33)30-16-15-25-26(31-20(3)37-25)21-11-13-22(14-12-21)35-17-7-4-8-18-36-24-10-6-5-9-23(24)27(29)32-34/h5-6,9-14,19,34H,4,7-8,15-18H2,1-3H3,(H2,29,32)(H,30,33). The smallest absolute Gasteiger partial charge is 0.222 e. The molecule has 0 saturated heterocycles.